The molecule has 1 aromatic heterocycles. The largest absolute Gasteiger partial charge is 0.388 e. The zero-order valence-corrected chi connectivity index (χ0v) is 11.0. The zero-order valence-electron chi connectivity index (χ0n) is 11.0. The van der Waals surface area contributed by atoms with Gasteiger partial charge in [-0.3, -0.25) is 4.98 Å². The molecule has 0 spiro atoms. The topological polar surface area (TPSA) is 42.4 Å². The molecule has 0 saturated carbocycles. The normalized spacial score (nSPS) is 18.6. The Hall–Kier alpha value is -1.45. The lowest BCUT2D eigenvalue weighted by Gasteiger charge is -2.24. The van der Waals surface area contributed by atoms with Gasteiger partial charge >= 0.3 is 0 Å². The molecule has 19 heavy (non-hydrogen) atoms. The first-order valence-electron chi connectivity index (χ1n) is 6.94. The van der Waals surface area contributed by atoms with E-state index >= 15 is 0 Å². The Balaban J connectivity index is 1.82. The molecular formula is C16H19NO2. The second-order valence-corrected chi connectivity index (χ2v) is 5.22. The van der Waals surface area contributed by atoms with Crippen LogP contribution in [0.2, 0.25) is 0 Å². The van der Waals surface area contributed by atoms with Gasteiger partial charge in [0.05, 0.1) is 11.6 Å². The maximum absolute atomic E-state index is 10.5. The predicted octanol–water partition coefficient (Wildman–Crippen LogP) is 3.08. The lowest BCUT2D eigenvalue weighted by molar-refractivity contribution is 0.0438. The second kappa shape index (κ2) is 5.68. The summed E-state index contributed by atoms with van der Waals surface area (Å²) in [5.74, 6) is 0.565. The van der Waals surface area contributed by atoms with E-state index in [1.54, 1.807) is 6.20 Å². The highest BCUT2D eigenvalue weighted by atomic mass is 16.5. The maximum Gasteiger partial charge on any atom is 0.0799 e. The van der Waals surface area contributed by atoms with Crippen LogP contribution in [-0.4, -0.2) is 23.3 Å². The van der Waals surface area contributed by atoms with E-state index in [9.17, 15) is 5.11 Å². The fourth-order valence-corrected chi connectivity index (χ4v) is 2.84. The summed E-state index contributed by atoms with van der Waals surface area (Å²) in [4.78, 5) is 4.34. The molecule has 1 fully saturated rings. The molecule has 1 atom stereocenters. The van der Waals surface area contributed by atoms with Crippen LogP contribution in [0.15, 0.2) is 36.5 Å². The summed E-state index contributed by atoms with van der Waals surface area (Å²) >= 11 is 0. The first-order chi connectivity index (χ1) is 9.34. The van der Waals surface area contributed by atoms with E-state index in [1.165, 1.54) is 0 Å². The molecule has 1 aliphatic heterocycles. The highest BCUT2D eigenvalue weighted by molar-refractivity contribution is 5.82. The molecule has 100 valence electrons. The van der Waals surface area contributed by atoms with Crippen LogP contribution in [-0.2, 0) is 4.74 Å². The van der Waals surface area contributed by atoms with Gasteiger partial charge in [0.25, 0.3) is 0 Å². The number of aliphatic hydroxyl groups excluding tert-OH is 1. The standard InChI is InChI=1S/C16H19NO2/c18-16(11-12-6-9-19-10-7-12)14-3-1-5-15-13(14)4-2-8-17-15/h1-5,8,12,16,18H,6-7,9-11H2. The van der Waals surface area contributed by atoms with E-state index < -0.39 is 6.10 Å². The van der Waals surface area contributed by atoms with Crippen molar-refractivity contribution in [2.24, 2.45) is 5.92 Å². The number of aliphatic hydroxyl groups is 1. The zero-order chi connectivity index (χ0) is 13.1. The van der Waals surface area contributed by atoms with Gasteiger partial charge in [-0.15, -0.1) is 0 Å². The Kier molecular flexibility index (Phi) is 3.76. The SMILES string of the molecule is OC(CC1CCOCC1)c1cccc2ncccc12. The summed E-state index contributed by atoms with van der Waals surface area (Å²) < 4.78 is 5.37. The number of benzene rings is 1. The van der Waals surface area contributed by atoms with E-state index in [4.69, 9.17) is 4.74 Å². The minimum atomic E-state index is -0.406. The van der Waals surface area contributed by atoms with Crippen molar-refractivity contribution in [3.8, 4) is 0 Å². The van der Waals surface area contributed by atoms with Crippen molar-refractivity contribution in [1.82, 2.24) is 4.98 Å². The van der Waals surface area contributed by atoms with E-state index in [-0.39, 0.29) is 0 Å². The lowest BCUT2D eigenvalue weighted by atomic mass is 9.90. The number of ether oxygens (including phenoxy) is 1. The summed E-state index contributed by atoms with van der Waals surface area (Å²) in [5, 5.41) is 11.6. The highest BCUT2D eigenvalue weighted by Crippen LogP contribution is 2.30. The lowest BCUT2D eigenvalue weighted by Crippen LogP contribution is -2.18. The number of aromatic nitrogens is 1. The van der Waals surface area contributed by atoms with Gasteiger partial charge in [-0.2, -0.15) is 0 Å². The number of pyridine rings is 1. The summed E-state index contributed by atoms with van der Waals surface area (Å²) in [6, 6.07) is 9.92. The van der Waals surface area contributed by atoms with Crippen molar-refractivity contribution in [3.63, 3.8) is 0 Å². The number of nitrogens with zero attached hydrogens (tertiary/aromatic N) is 1. The molecule has 1 unspecified atom stereocenters. The molecule has 1 aliphatic rings. The average Bonchev–Trinajstić information content (AvgIpc) is 2.47. The van der Waals surface area contributed by atoms with Crippen LogP contribution in [0.1, 0.15) is 30.9 Å². The van der Waals surface area contributed by atoms with Crippen LogP contribution < -0.4 is 0 Å². The van der Waals surface area contributed by atoms with Crippen LogP contribution in [0.3, 0.4) is 0 Å². The fourth-order valence-electron chi connectivity index (χ4n) is 2.84. The molecule has 3 rings (SSSR count). The van der Waals surface area contributed by atoms with Crippen LogP contribution in [0.4, 0.5) is 0 Å². The molecule has 1 saturated heterocycles. The van der Waals surface area contributed by atoms with Gasteiger partial charge in [0.1, 0.15) is 0 Å². The summed E-state index contributed by atoms with van der Waals surface area (Å²) in [6.07, 6.45) is 4.31. The van der Waals surface area contributed by atoms with Gasteiger partial charge in [0.15, 0.2) is 0 Å². The van der Waals surface area contributed by atoms with Crippen molar-refractivity contribution < 1.29 is 9.84 Å². The minimum absolute atomic E-state index is 0.406. The molecule has 1 N–H and O–H groups in total. The molecule has 0 bridgehead atoms. The molecule has 3 heteroatoms. The van der Waals surface area contributed by atoms with Gasteiger partial charge in [0, 0.05) is 24.8 Å². The maximum atomic E-state index is 10.5. The van der Waals surface area contributed by atoms with Gasteiger partial charge in [-0.25, -0.2) is 0 Å². The molecule has 1 aromatic carbocycles. The van der Waals surface area contributed by atoms with E-state index in [1.807, 2.05) is 30.3 Å². The van der Waals surface area contributed by atoms with Crippen molar-refractivity contribution in [2.75, 3.05) is 13.2 Å². The summed E-state index contributed by atoms with van der Waals surface area (Å²) in [6.45, 7) is 1.66. The van der Waals surface area contributed by atoms with Crippen molar-refractivity contribution in [3.05, 3.63) is 42.1 Å². The van der Waals surface area contributed by atoms with Gasteiger partial charge in [-0.1, -0.05) is 18.2 Å². The Labute approximate surface area is 113 Å². The van der Waals surface area contributed by atoms with Crippen LogP contribution in [0, 0.1) is 5.92 Å². The molecule has 2 aromatic rings. The van der Waals surface area contributed by atoms with Crippen LogP contribution in [0.5, 0.6) is 0 Å². The molecule has 2 heterocycles. The van der Waals surface area contributed by atoms with E-state index in [0.717, 1.165) is 48.9 Å². The third kappa shape index (κ3) is 2.77. The second-order valence-electron chi connectivity index (χ2n) is 5.22. The Bertz CT molecular complexity index is 544. The Morgan fingerprint density at radius 3 is 2.89 bits per heavy atom. The summed E-state index contributed by atoms with van der Waals surface area (Å²) in [5.41, 5.74) is 1.95. The average molecular weight is 257 g/mol. The molecule has 0 radical (unpaired) electrons. The van der Waals surface area contributed by atoms with Crippen LogP contribution >= 0.6 is 0 Å². The molecular weight excluding hydrogens is 238 g/mol. The predicted molar refractivity (Wildman–Crippen MR) is 74.9 cm³/mol. The monoisotopic (exact) mass is 257 g/mol. The molecule has 3 nitrogen and oxygen atoms in total. The molecule has 0 amide bonds. The van der Waals surface area contributed by atoms with E-state index in [2.05, 4.69) is 4.98 Å². The summed E-state index contributed by atoms with van der Waals surface area (Å²) in [7, 11) is 0. The third-order valence-corrected chi connectivity index (χ3v) is 3.94. The van der Waals surface area contributed by atoms with Crippen molar-refractivity contribution in [2.45, 2.75) is 25.4 Å². The van der Waals surface area contributed by atoms with Crippen LogP contribution in [0.25, 0.3) is 10.9 Å². The third-order valence-electron chi connectivity index (χ3n) is 3.94. The fraction of sp³-hybridized carbons (Fsp3) is 0.438. The molecule has 0 aliphatic carbocycles. The van der Waals surface area contributed by atoms with Gasteiger partial charge < -0.3 is 9.84 Å². The number of fused-ring (bicyclic) bond motifs is 1. The highest BCUT2D eigenvalue weighted by Gasteiger charge is 2.20. The van der Waals surface area contributed by atoms with Crippen molar-refractivity contribution >= 4 is 10.9 Å². The Morgan fingerprint density at radius 1 is 1.21 bits per heavy atom. The minimum Gasteiger partial charge on any atom is -0.388 e. The number of rotatable bonds is 3. The van der Waals surface area contributed by atoms with E-state index in [0.29, 0.717) is 5.92 Å². The number of hydrogen-bond acceptors (Lipinski definition) is 3. The van der Waals surface area contributed by atoms with Crippen molar-refractivity contribution in [1.29, 1.82) is 0 Å². The smallest absolute Gasteiger partial charge is 0.0799 e. The Morgan fingerprint density at radius 2 is 2.05 bits per heavy atom. The first kappa shape index (κ1) is 12.6. The first-order valence-corrected chi connectivity index (χ1v) is 6.94. The van der Waals surface area contributed by atoms with Gasteiger partial charge in [0.2, 0.25) is 0 Å². The number of hydrogen-bond donors (Lipinski definition) is 1. The van der Waals surface area contributed by atoms with Gasteiger partial charge in [-0.05, 0) is 42.9 Å². The quantitative estimate of drug-likeness (QED) is 0.918.